The third kappa shape index (κ3) is 1.19. The standard InChI is InChI=1S/C16H13Cl/c17-15-7-3-6-13-12-8-9-14(16(13)15)11-5-2-1-4-10(11)12/h1-7,12,14H,8-9H2/t12-,14+/m0/s1. The Morgan fingerprint density at radius 2 is 1.41 bits per heavy atom. The summed E-state index contributed by atoms with van der Waals surface area (Å²) in [4.78, 5) is 0. The normalized spacial score (nSPS) is 24.3. The first-order chi connectivity index (χ1) is 8.36. The summed E-state index contributed by atoms with van der Waals surface area (Å²) in [7, 11) is 0. The van der Waals surface area contributed by atoms with Crippen LogP contribution in [0.3, 0.4) is 0 Å². The Labute approximate surface area is 106 Å². The van der Waals surface area contributed by atoms with E-state index in [1.807, 2.05) is 6.07 Å². The molecule has 0 saturated heterocycles. The molecule has 17 heavy (non-hydrogen) atoms. The van der Waals surface area contributed by atoms with Gasteiger partial charge in [-0.25, -0.2) is 0 Å². The summed E-state index contributed by atoms with van der Waals surface area (Å²) in [5.74, 6) is 1.10. The van der Waals surface area contributed by atoms with Crippen molar-refractivity contribution >= 4 is 11.6 Å². The van der Waals surface area contributed by atoms with Crippen molar-refractivity contribution in [2.24, 2.45) is 0 Å². The van der Waals surface area contributed by atoms with Gasteiger partial charge in [-0.3, -0.25) is 0 Å². The van der Waals surface area contributed by atoms with Crippen LogP contribution in [0.5, 0.6) is 0 Å². The monoisotopic (exact) mass is 240 g/mol. The van der Waals surface area contributed by atoms with E-state index in [0.717, 1.165) is 5.02 Å². The van der Waals surface area contributed by atoms with Gasteiger partial charge in [0.05, 0.1) is 0 Å². The van der Waals surface area contributed by atoms with Crippen LogP contribution in [0.1, 0.15) is 46.9 Å². The number of hydrogen-bond acceptors (Lipinski definition) is 0. The van der Waals surface area contributed by atoms with Crippen molar-refractivity contribution in [3.05, 3.63) is 69.7 Å². The van der Waals surface area contributed by atoms with Crippen molar-refractivity contribution in [3.8, 4) is 0 Å². The number of benzene rings is 2. The highest BCUT2D eigenvalue weighted by molar-refractivity contribution is 6.31. The fraction of sp³-hybridized carbons (Fsp3) is 0.250. The quantitative estimate of drug-likeness (QED) is 0.626. The Morgan fingerprint density at radius 3 is 2.24 bits per heavy atom. The van der Waals surface area contributed by atoms with Crippen LogP contribution in [-0.4, -0.2) is 0 Å². The van der Waals surface area contributed by atoms with E-state index in [9.17, 15) is 0 Å². The van der Waals surface area contributed by atoms with Gasteiger partial charge in [0.1, 0.15) is 0 Å². The lowest BCUT2D eigenvalue weighted by molar-refractivity contribution is 0.520. The molecule has 0 fully saturated rings. The fourth-order valence-electron chi connectivity index (χ4n) is 3.64. The Kier molecular flexibility index (Phi) is 1.93. The zero-order valence-electron chi connectivity index (χ0n) is 9.49. The van der Waals surface area contributed by atoms with Gasteiger partial charge in [0.15, 0.2) is 0 Å². The van der Waals surface area contributed by atoms with Crippen LogP contribution < -0.4 is 0 Å². The smallest absolute Gasteiger partial charge is 0.0447 e. The van der Waals surface area contributed by atoms with Gasteiger partial charge in [0.25, 0.3) is 0 Å². The Balaban J connectivity index is 2.05. The van der Waals surface area contributed by atoms with Gasteiger partial charge < -0.3 is 0 Å². The summed E-state index contributed by atoms with van der Waals surface area (Å²) >= 11 is 6.40. The summed E-state index contributed by atoms with van der Waals surface area (Å²) in [6, 6.07) is 15.2. The molecular formula is C16H13Cl. The molecule has 3 aliphatic rings. The maximum atomic E-state index is 6.40. The predicted molar refractivity (Wildman–Crippen MR) is 70.8 cm³/mol. The molecule has 84 valence electrons. The zero-order valence-corrected chi connectivity index (χ0v) is 10.2. The molecule has 5 rings (SSSR count). The lowest BCUT2D eigenvalue weighted by atomic mass is 9.64. The van der Waals surface area contributed by atoms with Gasteiger partial charge in [-0.1, -0.05) is 48.0 Å². The maximum Gasteiger partial charge on any atom is 0.0447 e. The van der Waals surface area contributed by atoms with Crippen molar-refractivity contribution in [2.75, 3.05) is 0 Å². The minimum absolute atomic E-state index is 0.528. The molecule has 2 bridgehead atoms. The average Bonchev–Trinajstić information content (AvgIpc) is 2.40. The SMILES string of the molecule is Clc1cccc2c1[C@@H]1CC[C@H]2c2ccccc21. The van der Waals surface area contributed by atoms with E-state index in [1.165, 1.54) is 35.1 Å². The maximum absolute atomic E-state index is 6.40. The fourth-order valence-corrected chi connectivity index (χ4v) is 3.95. The van der Waals surface area contributed by atoms with Crippen molar-refractivity contribution < 1.29 is 0 Å². The third-order valence-corrected chi connectivity index (χ3v) is 4.63. The Hall–Kier alpha value is -1.27. The molecule has 0 N–H and O–H groups in total. The van der Waals surface area contributed by atoms with Crippen LogP contribution in [0.25, 0.3) is 0 Å². The van der Waals surface area contributed by atoms with E-state index in [-0.39, 0.29) is 0 Å². The van der Waals surface area contributed by atoms with Crippen LogP contribution in [0.2, 0.25) is 5.02 Å². The second kappa shape index (κ2) is 3.36. The van der Waals surface area contributed by atoms with Crippen LogP contribution in [-0.2, 0) is 0 Å². The molecule has 0 nitrogen and oxygen atoms in total. The highest BCUT2D eigenvalue weighted by atomic mass is 35.5. The molecule has 0 unspecified atom stereocenters. The molecule has 0 aliphatic heterocycles. The second-order valence-corrected chi connectivity index (χ2v) is 5.46. The number of rotatable bonds is 0. The molecule has 2 atom stereocenters. The minimum Gasteiger partial charge on any atom is -0.0840 e. The summed E-state index contributed by atoms with van der Waals surface area (Å²) in [5.41, 5.74) is 5.89. The first-order valence-corrected chi connectivity index (χ1v) is 6.61. The number of hydrogen-bond donors (Lipinski definition) is 0. The highest BCUT2D eigenvalue weighted by Crippen LogP contribution is 2.54. The van der Waals surface area contributed by atoms with Crippen molar-refractivity contribution in [1.82, 2.24) is 0 Å². The van der Waals surface area contributed by atoms with E-state index >= 15 is 0 Å². The van der Waals surface area contributed by atoms with Crippen molar-refractivity contribution in [1.29, 1.82) is 0 Å². The molecule has 2 aromatic rings. The van der Waals surface area contributed by atoms with Crippen LogP contribution in [0, 0.1) is 0 Å². The first kappa shape index (κ1) is 9.73. The second-order valence-electron chi connectivity index (χ2n) is 5.05. The molecule has 0 saturated carbocycles. The van der Waals surface area contributed by atoms with E-state index in [2.05, 4.69) is 36.4 Å². The van der Waals surface area contributed by atoms with E-state index < -0.39 is 0 Å². The Morgan fingerprint density at radius 1 is 0.765 bits per heavy atom. The van der Waals surface area contributed by atoms with E-state index in [1.54, 1.807) is 0 Å². The zero-order chi connectivity index (χ0) is 11.4. The van der Waals surface area contributed by atoms with Crippen molar-refractivity contribution in [3.63, 3.8) is 0 Å². The lowest BCUT2D eigenvalue weighted by Crippen LogP contribution is -2.24. The van der Waals surface area contributed by atoms with Gasteiger partial charge in [-0.2, -0.15) is 0 Å². The largest absolute Gasteiger partial charge is 0.0840 e. The molecule has 0 heterocycles. The molecule has 1 heteroatoms. The summed E-state index contributed by atoms with van der Waals surface area (Å²) in [6.07, 6.45) is 2.52. The van der Waals surface area contributed by atoms with Crippen LogP contribution in [0.15, 0.2) is 42.5 Å². The molecule has 2 aromatic carbocycles. The van der Waals surface area contributed by atoms with Gasteiger partial charge in [0, 0.05) is 16.9 Å². The molecule has 0 aromatic heterocycles. The predicted octanol–water partition coefficient (Wildman–Crippen LogP) is 4.71. The molecule has 0 amide bonds. The van der Waals surface area contributed by atoms with Crippen LogP contribution >= 0.6 is 11.6 Å². The number of fused-ring (bicyclic) bond motifs is 1. The summed E-state index contributed by atoms with van der Waals surface area (Å²) in [6.45, 7) is 0. The van der Waals surface area contributed by atoms with Gasteiger partial charge >= 0.3 is 0 Å². The molecular weight excluding hydrogens is 228 g/mol. The minimum atomic E-state index is 0.528. The van der Waals surface area contributed by atoms with Gasteiger partial charge in [-0.05, 0) is 41.2 Å². The molecule has 0 radical (unpaired) electrons. The molecule has 3 aliphatic carbocycles. The van der Waals surface area contributed by atoms with Crippen LogP contribution in [0.4, 0.5) is 0 Å². The van der Waals surface area contributed by atoms with Gasteiger partial charge in [0.2, 0.25) is 0 Å². The van der Waals surface area contributed by atoms with Gasteiger partial charge in [-0.15, -0.1) is 0 Å². The van der Waals surface area contributed by atoms with E-state index in [0.29, 0.717) is 11.8 Å². The third-order valence-electron chi connectivity index (χ3n) is 4.30. The average molecular weight is 241 g/mol. The first-order valence-electron chi connectivity index (χ1n) is 6.23. The molecule has 0 spiro atoms. The summed E-state index contributed by atoms with van der Waals surface area (Å²) < 4.78 is 0. The topological polar surface area (TPSA) is 0 Å². The van der Waals surface area contributed by atoms with E-state index in [4.69, 9.17) is 11.6 Å². The Bertz CT molecular complexity index is 600. The summed E-state index contributed by atoms with van der Waals surface area (Å²) in [5, 5.41) is 0.951. The highest BCUT2D eigenvalue weighted by Gasteiger charge is 2.37. The van der Waals surface area contributed by atoms with Crippen molar-refractivity contribution in [2.45, 2.75) is 24.7 Å². The lowest BCUT2D eigenvalue weighted by Gasteiger charge is -2.40. The number of halogens is 1.